The molecule has 4 aromatic rings. The monoisotopic (exact) mass is 358 g/mol. The lowest BCUT2D eigenvalue weighted by atomic mass is 10.2. The molecule has 0 aliphatic carbocycles. The van der Waals surface area contributed by atoms with Gasteiger partial charge in [0.05, 0.1) is 5.69 Å². The number of aryl methyl sites for hydroxylation is 1. The molecule has 0 aliphatic heterocycles. The molecule has 0 spiro atoms. The second-order valence-corrected chi connectivity index (χ2v) is 6.05. The van der Waals surface area contributed by atoms with E-state index in [1.54, 1.807) is 35.4 Å². The van der Waals surface area contributed by atoms with Crippen molar-refractivity contribution >= 4 is 5.91 Å². The van der Waals surface area contributed by atoms with Gasteiger partial charge in [-0.2, -0.15) is 5.10 Å². The first kappa shape index (κ1) is 16.7. The highest BCUT2D eigenvalue weighted by molar-refractivity contribution is 5.94. The van der Waals surface area contributed by atoms with Crippen LogP contribution in [0, 0.1) is 6.92 Å². The topological polar surface area (TPSA) is 77.6 Å². The number of rotatable bonds is 5. The molecular formula is C20H18N6O. The van der Waals surface area contributed by atoms with Crippen LogP contribution in [0.15, 0.2) is 73.4 Å². The first-order valence-electron chi connectivity index (χ1n) is 8.54. The van der Waals surface area contributed by atoms with E-state index in [0.29, 0.717) is 12.1 Å². The van der Waals surface area contributed by atoms with Gasteiger partial charge in [-0.25, -0.2) is 14.6 Å². The number of nitrogens with zero attached hydrogens (tertiary/aromatic N) is 5. The van der Waals surface area contributed by atoms with Crippen LogP contribution in [0.1, 0.15) is 21.7 Å². The summed E-state index contributed by atoms with van der Waals surface area (Å²) >= 11 is 0. The lowest BCUT2D eigenvalue weighted by Gasteiger charge is -2.09. The van der Waals surface area contributed by atoms with Gasteiger partial charge in [0.25, 0.3) is 5.91 Å². The Morgan fingerprint density at radius 1 is 1.04 bits per heavy atom. The quantitative estimate of drug-likeness (QED) is 0.595. The molecule has 7 nitrogen and oxygen atoms in total. The fourth-order valence-corrected chi connectivity index (χ4v) is 2.79. The zero-order chi connectivity index (χ0) is 18.6. The Hall–Kier alpha value is -3.74. The number of benzene rings is 1. The van der Waals surface area contributed by atoms with Crippen molar-refractivity contribution in [2.75, 3.05) is 0 Å². The van der Waals surface area contributed by atoms with Gasteiger partial charge >= 0.3 is 0 Å². The van der Waals surface area contributed by atoms with Crippen LogP contribution < -0.4 is 5.32 Å². The Morgan fingerprint density at radius 2 is 1.89 bits per heavy atom. The van der Waals surface area contributed by atoms with Gasteiger partial charge in [0.2, 0.25) is 0 Å². The Labute approximate surface area is 156 Å². The van der Waals surface area contributed by atoms with Crippen LogP contribution in [0.5, 0.6) is 0 Å². The van der Waals surface area contributed by atoms with Crippen LogP contribution in [0.3, 0.4) is 0 Å². The molecule has 1 amide bonds. The van der Waals surface area contributed by atoms with Gasteiger partial charge in [0, 0.05) is 43.1 Å². The fraction of sp³-hybridized carbons (Fsp3) is 0.100. The summed E-state index contributed by atoms with van der Waals surface area (Å²) in [4.78, 5) is 21.0. The molecule has 0 radical (unpaired) electrons. The van der Waals surface area contributed by atoms with Gasteiger partial charge in [0.15, 0.2) is 0 Å². The van der Waals surface area contributed by atoms with Crippen molar-refractivity contribution < 1.29 is 4.79 Å². The van der Waals surface area contributed by atoms with Gasteiger partial charge in [-0.1, -0.05) is 0 Å². The van der Waals surface area contributed by atoms with Crippen LogP contribution in [0.4, 0.5) is 0 Å². The average molecular weight is 358 g/mol. The number of imidazole rings is 1. The lowest BCUT2D eigenvalue weighted by molar-refractivity contribution is 0.0951. The number of amides is 1. The number of carbonyl (C=O) groups excluding carboxylic acids is 1. The number of hydrogen-bond acceptors (Lipinski definition) is 4. The molecule has 27 heavy (non-hydrogen) atoms. The molecule has 0 bridgehead atoms. The van der Waals surface area contributed by atoms with Gasteiger partial charge < -0.3 is 5.32 Å². The van der Waals surface area contributed by atoms with Crippen molar-refractivity contribution in [3.05, 3.63) is 90.4 Å². The number of carbonyl (C=O) groups is 1. The van der Waals surface area contributed by atoms with Crippen molar-refractivity contribution in [1.29, 1.82) is 0 Å². The molecule has 3 heterocycles. The molecular weight excluding hydrogens is 340 g/mol. The Kier molecular flexibility index (Phi) is 4.49. The number of hydrogen-bond donors (Lipinski definition) is 1. The Balaban J connectivity index is 1.43. The summed E-state index contributed by atoms with van der Waals surface area (Å²) in [7, 11) is 0. The zero-order valence-electron chi connectivity index (χ0n) is 14.8. The summed E-state index contributed by atoms with van der Waals surface area (Å²) in [5.41, 5.74) is 2.48. The molecule has 3 aromatic heterocycles. The molecule has 1 N–H and O–H groups in total. The van der Waals surface area contributed by atoms with E-state index in [0.717, 1.165) is 22.9 Å². The number of pyridine rings is 1. The number of nitrogens with one attached hydrogen (secondary N) is 1. The van der Waals surface area contributed by atoms with E-state index in [-0.39, 0.29) is 5.91 Å². The predicted molar refractivity (Wildman–Crippen MR) is 101 cm³/mol. The first-order chi connectivity index (χ1) is 13.2. The second-order valence-electron chi connectivity index (χ2n) is 6.05. The van der Waals surface area contributed by atoms with E-state index in [4.69, 9.17) is 0 Å². The van der Waals surface area contributed by atoms with E-state index < -0.39 is 0 Å². The lowest BCUT2D eigenvalue weighted by Crippen LogP contribution is -2.22. The molecule has 0 saturated carbocycles. The van der Waals surface area contributed by atoms with Crippen molar-refractivity contribution in [3.8, 4) is 11.5 Å². The maximum Gasteiger partial charge on any atom is 0.251 e. The van der Waals surface area contributed by atoms with Gasteiger partial charge in [-0.15, -0.1) is 0 Å². The van der Waals surface area contributed by atoms with E-state index in [2.05, 4.69) is 20.4 Å². The highest BCUT2D eigenvalue weighted by Crippen LogP contribution is 2.11. The molecule has 4 rings (SSSR count). The standard InChI is InChI=1S/C20H18N6O/c1-15-21-10-12-25(15)19-13-16(7-9-22-19)14-23-20(27)17-3-5-18(6-4-17)26-11-2-8-24-26/h2-13H,14H2,1H3,(H,23,27). The van der Waals surface area contributed by atoms with Crippen molar-refractivity contribution in [2.24, 2.45) is 0 Å². The van der Waals surface area contributed by atoms with Gasteiger partial charge in [-0.3, -0.25) is 9.36 Å². The maximum absolute atomic E-state index is 12.4. The maximum atomic E-state index is 12.4. The number of aromatic nitrogens is 5. The molecule has 0 aliphatic rings. The minimum absolute atomic E-state index is 0.126. The van der Waals surface area contributed by atoms with Crippen molar-refractivity contribution in [2.45, 2.75) is 13.5 Å². The predicted octanol–water partition coefficient (Wildman–Crippen LogP) is 2.69. The third-order valence-corrected chi connectivity index (χ3v) is 4.23. The normalized spacial score (nSPS) is 10.7. The van der Waals surface area contributed by atoms with E-state index in [9.17, 15) is 4.79 Å². The van der Waals surface area contributed by atoms with Crippen LogP contribution in [-0.2, 0) is 6.54 Å². The molecule has 134 valence electrons. The van der Waals surface area contributed by atoms with Gasteiger partial charge in [0.1, 0.15) is 11.6 Å². The SMILES string of the molecule is Cc1nccn1-c1cc(CNC(=O)c2ccc(-n3cccn3)cc2)ccn1. The second kappa shape index (κ2) is 7.25. The minimum atomic E-state index is -0.126. The average Bonchev–Trinajstić information content (AvgIpc) is 3.38. The van der Waals surface area contributed by atoms with E-state index in [1.807, 2.05) is 54.2 Å². The molecule has 7 heteroatoms. The first-order valence-corrected chi connectivity index (χ1v) is 8.54. The molecule has 0 fully saturated rings. The van der Waals surface area contributed by atoms with E-state index in [1.165, 1.54) is 0 Å². The summed E-state index contributed by atoms with van der Waals surface area (Å²) in [6.07, 6.45) is 8.90. The summed E-state index contributed by atoms with van der Waals surface area (Å²) in [5.74, 6) is 1.51. The zero-order valence-corrected chi connectivity index (χ0v) is 14.8. The van der Waals surface area contributed by atoms with Crippen LogP contribution >= 0.6 is 0 Å². The Morgan fingerprint density at radius 3 is 2.59 bits per heavy atom. The third-order valence-electron chi connectivity index (χ3n) is 4.23. The van der Waals surface area contributed by atoms with Crippen LogP contribution in [-0.4, -0.2) is 30.2 Å². The van der Waals surface area contributed by atoms with Crippen molar-refractivity contribution in [1.82, 2.24) is 29.6 Å². The Bertz CT molecular complexity index is 1050. The molecule has 0 saturated heterocycles. The van der Waals surface area contributed by atoms with E-state index >= 15 is 0 Å². The van der Waals surface area contributed by atoms with Crippen LogP contribution in [0.25, 0.3) is 11.5 Å². The fourth-order valence-electron chi connectivity index (χ4n) is 2.79. The highest BCUT2D eigenvalue weighted by Gasteiger charge is 2.07. The summed E-state index contributed by atoms with van der Waals surface area (Å²) in [6.45, 7) is 2.34. The molecule has 1 aromatic carbocycles. The van der Waals surface area contributed by atoms with Gasteiger partial charge in [-0.05, 0) is 55.0 Å². The largest absolute Gasteiger partial charge is 0.348 e. The molecule has 0 unspecified atom stereocenters. The summed E-state index contributed by atoms with van der Waals surface area (Å²) < 4.78 is 3.65. The summed E-state index contributed by atoms with van der Waals surface area (Å²) in [5, 5.41) is 7.12. The summed E-state index contributed by atoms with van der Waals surface area (Å²) in [6, 6.07) is 13.0. The minimum Gasteiger partial charge on any atom is -0.348 e. The third kappa shape index (κ3) is 3.62. The van der Waals surface area contributed by atoms with Crippen LogP contribution in [0.2, 0.25) is 0 Å². The smallest absolute Gasteiger partial charge is 0.251 e. The highest BCUT2D eigenvalue weighted by atomic mass is 16.1. The van der Waals surface area contributed by atoms with Crippen molar-refractivity contribution in [3.63, 3.8) is 0 Å². The molecule has 0 atom stereocenters.